The zero-order chi connectivity index (χ0) is 11.3. The van der Waals surface area contributed by atoms with Gasteiger partial charge in [0.05, 0.1) is 12.5 Å². The average Bonchev–Trinajstić information content (AvgIpc) is 2.23. The van der Waals surface area contributed by atoms with Gasteiger partial charge in [0.2, 0.25) is 5.91 Å². The number of aliphatic hydroxyl groups is 1. The third-order valence-corrected chi connectivity index (χ3v) is 2.49. The van der Waals surface area contributed by atoms with Crippen molar-refractivity contribution in [1.82, 2.24) is 0 Å². The fourth-order valence-corrected chi connectivity index (χ4v) is 1.35. The monoisotopic (exact) mass is 207 g/mol. The van der Waals surface area contributed by atoms with Gasteiger partial charge in [0.25, 0.3) is 0 Å². The molecule has 0 aromatic heterocycles. The van der Waals surface area contributed by atoms with E-state index >= 15 is 0 Å². The van der Waals surface area contributed by atoms with E-state index in [0.29, 0.717) is 6.42 Å². The molecule has 82 valence electrons. The Balaban J connectivity index is 2.70. The maximum absolute atomic E-state index is 11.7. The number of carbonyl (C=O) groups is 1. The fraction of sp³-hybridized carbons (Fsp3) is 0.417. The third kappa shape index (κ3) is 3.06. The second kappa shape index (κ2) is 5.51. The predicted octanol–water partition coefficient (Wildman–Crippen LogP) is 1.95. The van der Waals surface area contributed by atoms with Gasteiger partial charge < -0.3 is 10.4 Å². The van der Waals surface area contributed by atoms with Gasteiger partial charge in [-0.25, -0.2) is 0 Å². The van der Waals surface area contributed by atoms with Crippen molar-refractivity contribution < 1.29 is 9.90 Å². The van der Waals surface area contributed by atoms with Crippen LogP contribution in [-0.4, -0.2) is 17.6 Å². The van der Waals surface area contributed by atoms with Crippen molar-refractivity contribution in [1.29, 1.82) is 0 Å². The molecule has 0 heterocycles. The Morgan fingerprint density at radius 2 is 2.13 bits per heavy atom. The molecular weight excluding hydrogens is 190 g/mol. The Hall–Kier alpha value is -1.35. The van der Waals surface area contributed by atoms with Crippen LogP contribution in [0.1, 0.15) is 18.9 Å². The summed E-state index contributed by atoms with van der Waals surface area (Å²) in [7, 11) is 0. The van der Waals surface area contributed by atoms with E-state index in [2.05, 4.69) is 5.32 Å². The highest BCUT2D eigenvalue weighted by Crippen LogP contribution is 2.15. The maximum atomic E-state index is 11.7. The average molecular weight is 207 g/mol. The standard InChI is InChI=1S/C12H17NO2/c1-3-10(8-14)12(15)13-11-7-5-4-6-9(11)2/h4-7,10,14H,3,8H2,1-2H3,(H,13,15). The number of amides is 1. The molecule has 1 atom stereocenters. The minimum Gasteiger partial charge on any atom is -0.396 e. The second-order valence-electron chi connectivity index (χ2n) is 3.59. The lowest BCUT2D eigenvalue weighted by Crippen LogP contribution is -2.25. The van der Waals surface area contributed by atoms with Crippen LogP contribution in [0.4, 0.5) is 5.69 Å². The SMILES string of the molecule is CCC(CO)C(=O)Nc1ccccc1C. The quantitative estimate of drug-likeness (QED) is 0.792. The van der Waals surface area contributed by atoms with Crippen molar-refractivity contribution in [2.45, 2.75) is 20.3 Å². The van der Waals surface area contributed by atoms with Crippen molar-refractivity contribution in [3.8, 4) is 0 Å². The Morgan fingerprint density at radius 3 is 2.67 bits per heavy atom. The number of rotatable bonds is 4. The summed E-state index contributed by atoms with van der Waals surface area (Å²) in [6.45, 7) is 3.72. The molecule has 0 fully saturated rings. The molecule has 15 heavy (non-hydrogen) atoms. The van der Waals surface area contributed by atoms with Crippen molar-refractivity contribution in [3.63, 3.8) is 0 Å². The van der Waals surface area contributed by atoms with Crippen LogP contribution in [0.5, 0.6) is 0 Å². The van der Waals surface area contributed by atoms with Gasteiger partial charge >= 0.3 is 0 Å². The van der Waals surface area contributed by atoms with Gasteiger partial charge in [-0.1, -0.05) is 25.1 Å². The molecule has 0 bridgehead atoms. The third-order valence-electron chi connectivity index (χ3n) is 2.49. The summed E-state index contributed by atoms with van der Waals surface area (Å²) < 4.78 is 0. The van der Waals surface area contributed by atoms with E-state index in [9.17, 15) is 4.79 Å². The summed E-state index contributed by atoms with van der Waals surface area (Å²) in [6.07, 6.45) is 0.647. The van der Waals surface area contributed by atoms with Crippen LogP contribution in [0, 0.1) is 12.8 Å². The van der Waals surface area contributed by atoms with Crippen LogP contribution in [0.3, 0.4) is 0 Å². The molecule has 0 aliphatic rings. The molecule has 0 aliphatic carbocycles. The first-order valence-electron chi connectivity index (χ1n) is 5.16. The molecule has 1 unspecified atom stereocenters. The van der Waals surface area contributed by atoms with Crippen molar-refractivity contribution >= 4 is 11.6 Å². The molecule has 0 aliphatic heterocycles. The number of hydrogen-bond donors (Lipinski definition) is 2. The van der Waals surface area contributed by atoms with Gasteiger partial charge in [0, 0.05) is 5.69 Å². The normalized spacial score (nSPS) is 12.2. The number of aliphatic hydroxyl groups excluding tert-OH is 1. The first-order chi connectivity index (χ1) is 7.19. The molecule has 1 aromatic rings. The van der Waals surface area contributed by atoms with Crippen molar-refractivity contribution in [2.75, 3.05) is 11.9 Å². The molecule has 0 spiro atoms. The van der Waals surface area contributed by atoms with E-state index in [0.717, 1.165) is 11.3 Å². The highest BCUT2D eigenvalue weighted by atomic mass is 16.3. The van der Waals surface area contributed by atoms with Crippen LogP contribution in [-0.2, 0) is 4.79 Å². The summed E-state index contributed by atoms with van der Waals surface area (Å²) in [6, 6.07) is 7.60. The van der Waals surface area contributed by atoms with E-state index in [4.69, 9.17) is 5.11 Å². The number of para-hydroxylation sites is 1. The lowest BCUT2D eigenvalue weighted by molar-refractivity contribution is -0.121. The van der Waals surface area contributed by atoms with E-state index in [1.54, 1.807) is 0 Å². The van der Waals surface area contributed by atoms with Gasteiger partial charge in [0.1, 0.15) is 0 Å². The van der Waals surface area contributed by atoms with Crippen LogP contribution < -0.4 is 5.32 Å². The molecule has 0 saturated heterocycles. The largest absolute Gasteiger partial charge is 0.396 e. The second-order valence-corrected chi connectivity index (χ2v) is 3.59. The predicted molar refractivity (Wildman–Crippen MR) is 60.7 cm³/mol. The molecule has 3 heteroatoms. The highest BCUT2D eigenvalue weighted by Gasteiger charge is 2.15. The summed E-state index contributed by atoms with van der Waals surface area (Å²) >= 11 is 0. The summed E-state index contributed by atoms with van der Waals surface area (Å²) in [5, 5.41) is 11.8. The number of benzene rings is 1. The Bertz CT molecular complexity index is 332. The first-order valence-corrected chi connectivity index (χ1v) is 5.16. The molecule has 1 rings (SSSR count). The summed E-state index contributed by atoms with van der Waals surface area (Å²) in [4.78, 5) is 11.7. The van der Waals surface area contributed by atoms with Gasteiger partial charge in [-0.3, -0.25) is 4.79 Å². The van der Waals surface area contributed by atoms with E-state index in [1.165, 1.54) is 0 Å². The number of hydrogen-bond acceptors (Lipinski definition) is 2. The fourth-order valence-electron chi connectivity index (χ4n) is 1.35. The number of nitrogens with one attached hydrogen (secondary N) is 1. The summed E-state index contributed by atoms with van der Waals surface area (Å²) in [5.41, 5.74) is 1.84. The van der Waals surface area contributed by atoms with Gasteiger partial charge in [-0.2, -0.15) is 0 Å². The smallest absolute Gasteiger partial charge is 0.229 e. The molecule has 0 radical (unpaired) electrons. The van der Waals surface area contributed by atoms with Crippen LogP contribution in [0.15, 0.2) is 24.3 Å². The zero-order valence-corrected chi connectivity index (χ0v) is 9.16. The summed E-state index contributed by atoms with van der Waals surface area (Å²) in [5.74, 6) is -0.432. The Kier molecular flexibility index (Phi) is 4.31. The first kappa shape index (κ1) is 11.7. The minimum absolute atomic E-state index is 0.103. The molecule has 0 saturated carbocycles. The number of carbonyl (C=O) groups excluding carboxylic acids is 1. The van der Waals surface area contributed by atoms with Crippen LogP contribution in [0.2, 0.25) is 0 Å². The van der Waals surface area contributed by atoms with Crippen LogP contribution >= 0.6 is 0 Å². The molecule has 1 amide bonds. The lowest BCUT2D eigenvalue weighted by atomic mass is 10.1. The Labute approximate surface area is 90.1 Å². The lowest BCUT2D eigenvalue weighted by Gasteiger charge is -2.13. The molecule has 1 aromatic carbocycles. The van der Waals surface area contributed by atoms with Crippen LogP contribution in [0.25, 0.3) is 0 Å². The van der Waals surface area contributed by atoms with E-state index in [-0.39, 0.29) is 18.4 Å². The van der Waals surface area contributed by atoms with Crippen molar-refractivity contribution in [2.24, 2.45) is 5.92 Å². The number of aryl methyl sites for hydroxylation is 1. The van der Waals surface area contributed by atoms with Crippen molar-refractivity contribution in [3.05, 3.63) is 29.8 Å². The number of anilines is 1. The maximum Gasteiger partial charge on any atom is 0.229 e. The van der Waals surface area contributed by atoms with Gasteiger partial charge in [-0.05, 0) is 25.0 Å². The zero-order valence-electron chi connectivity index (χ0n) is 9.16. The van der Waals surface area contributed by atoms with Gasteiger partial charge in [-0.15, -0.1) is 0 Å². The van der Waals surface area contributed by atoms with Gasteiger partial charge in [0.15, 0.2) is 0 Å². The molecule has 2 N–H and O–H groups in total. The minimum atomic E-state index is -0.315. The Morgan fingerprint density at radius 1 is 1.47 bits per heavy atom. The van der Waals surface area contributed by atoms with E-state index in [1.807, 2.05) is 38.1 Å². The van der Waals surface area contributed by atoms with E-state index < -0.39 is 0 Å². The topological polar surface area (TPSA) is 49.3 Å². The molecule has 3 nitrogen and oxygen atoms in total. The molecular formula is C12H17NO2. The highest BCUT2D eigenvalue weighted by molar-refractivity contribution is 5.93.